The predicted molar refractivity (Wildman–Crippen MR) is 68.2 cm³/mol. The van der Waals surface area contributed by atoms with Crippen LogP contribution in [-0.2, 0) is 9.53 Å². The van der Waals surface area contributed by atoms with Crippen LogP contribution in [0, 0.1) is 6.92 Å². The molecule has 6 nitrogen and oxygen atoms in total. The van der Waals surface area contributed by atoms with E-state index in [0.717, 1.165) is 5.56 Å². The maximum absolute atomic E-state index is 11.6. The van der Waals surface area contributed by atoms with E-state index < -0.39 is 11.9 Å². The van der Waals surface area contributed by atoms with E-state index in [9.17, 15) is 9.59 Å². The van der Waals surface area contributed by atoms with Gasteiger partial charge in [-0.25, -0.2) is 0 Å². The lowest BCUT2D eigenvalue weighted by atomic mass is 10.1. The summed E-state index contributed by atoms with van der Waals surface area (Å²) in [7, 11) is 1.46. The lowest BCUT2D eigenvalue weighted by Gasteiger charge is -2.12. The normalized spacial score (nSPS) is 11.9. The van der Waals surface area contributed by atoms with E-state index in [-0.39, 0.29) is 12.5 Å². The van der Waals surface area contributed by atoms with Gasteiger partial charge in [-0.2, -0.15) is 0 Å². The number of amides is 2. The molecule has 1 aromatic rings. The molecule has 0 bridgehead atoms. The summed E-state index contributed by atoms with van der Waals surface area (Å²) in [6.07, 6.45) is 0. The minimum absolute atomic E-state index is 0.125. The fourth-order valence-corrected chi connectivity index (χ4v) is 1.46. The molecular weight excluding hydrogens is 234 g/mol. The first-order valence-electron chi connectivity index (χ1n) is 5.41. The molecule has 2 amide bonds. The van der Waals surface area contributed by atoms with E-state index in [4.69, 9.17) is 16.2 Å². The number of benzene rings is 1. The molecule has 98 valence electrons. The molecule has 0 heterocycles. The second kappa shape index (κ2) is 6.13. The van der Waals surface area contributed by atoms with Gasteiger partial charge >= 0.3 is 0 Å². The monoisotopic (exact) mass is 251 g/mol. The van der Waals surface area contributed by atoms with Crippen molar-refractivity contribution in [1.82, 2.24) is 0 Å². The average Bonchev–Trinajstić information content (AvgIpc) is 2.31. The van der Waals surface area contributed by atoms with Crippen molar-refractivity contribution in [2.24, 2.45) is 11.5 Å². The quantitative estimate of drug-likeness (QED) is 0.684. The van der Waals surface area contributed by atoms with E-state index in [1.807, 2.05) is 0 Å². The molecule has 1 atom stereocenters. The number of anilines is 1. The van der Waals surface area contributed by atoms with Crippen LogP contribution in [0.25, 0.3) is 0 Å². The molecule has 0 saturated heterocycles. The van der Waals surface area contributed by atoms with Crippen molar-refractivity contribution < 1.29 is 14.3 Å². The van der Waals surface area contributed by atoms with Crippen molar-refractivity contribution in [3.63, 3.8) is 0 Å². The Morgan fingerprint density at radius 3 is 2.67 bits per heavy atom. The van der Waals surface area contributed by atoms with Crippen LogP contribution in [0.1, 0.15) is 15.9 Å². The van der Waals surface area contributed by atoms with Crippen molar-refractivity contribution in [1.29, 1.82) is 0 Å². The Kier molecular flexibility index (Phi) is 4.82. The molecule has 0 aliphatic heterocycles. The summed E-state index contributed by atoms with van der Waals surface area (Å²) < 4.78 is 4.78. The zero-order valence-corrected chi connectivity index (χ0v) is 10.4. The number of aryl methyl sites for hydroxylation is 1. The fourth-order valence-electron chi connectivity index (χ4n) is 1.46. The van der Waals surface area contributed by atoms with Gasteiger partial charge < -0.3 is 21.5 Å². The molecule has 6 heteroatoms. The summed E-state index contributed by atoms with van der Waals surface area (Å²) in [5, 5.41) is 2.60. The first-order valence-corrected chi connectivity index (χ1v) is 5.41. The number of ether oxygens (including phenoxy) is 1. The number of nitrogens with one attached hydrogen (secondary N) is 1. The van der Waals surface area contributed by atoms with Crippen LogP contribution >= 0.6 is 0 Å². The number of carbonyl (C=O) groups is 2. The van der Waals surface area contributed by atoms with Crippen LogP contribution in [0.2, 0.25) is 0 Å². The lowest BCUT2D eigenvalue weighted by molar-refractivity contribution is -0.118. The molecule has 0 aliphatic rings. The van der Waals surface area contributed by atoms with E-state index in [0.29, 0.717) is 11.3 Å². The van der Waals surface area contributed by atoms with Crippen LogP contribution in [0.5, 0.6) is 0 Å². The van der Waals surface area contributed by atoms with Gasteiger partial charge in [0.2, 0.25) is 11.8 Å². The SMILES string of the molecule is COCC(N)C(=O)Nc1ccc(C)c(C(N)=O)c1. The van der Waals surface area contributed by atoms with Gasteiger partial charge in [0.25, 0.3) is 0 Å². The molecule has 5 N–H and O–H groups in total. The number of nitrogens with two attached hydrogens (primary N) is 2. The zero-order chi connectivity index (χ0) is 13.7. The molecule has 1 unspecified atom stereocenters. The highest BCUT2D eigenvalue weighted by atomic mass is 16.5. The summed E-state index contributed by atoms with van der Waals surface area (Å²) >= 11 is 0. The number of hydrogen-bond donors (Lipinski definition) is 3. The maximum atomic E-state index is 11.6. The third kappa shape index (κ3) is 3.54. The van der Waals surface area contributed by atoms with Crippen LogP contribution < -0.4 is 16.8 Å². The van der Waals surface area contributed by atoms with E-state index in [1.165, 1.54) is 13.2 Å². The van der Waals surface area contributed by atoms with Gasteiger partial charge in [0.15, 0.2) is 0 Å². The van der Waals surface area contributed by atoms with E-state index in [1.54, 1.807) is 19.1 Å². The molecule has 1 aromatic carbocycles. The number of hydrogen-bond acceptors (Lipinski definition) is 4. The summed E-state index contributed by atoms with van der Waals surface area (Å²) in [4.78, 5) is 22.8. The van der Waals surface area contributed by atoms with Gasteiger partial charge in [-0.15, -0.1) is 0 Å². The average molecular weight is 251 g/mol. The Morgan fingerprint density at radius 1 is 1.44 bits per heavy atom. The minimum atomic E-state index is -0.756. The number of primary amides is 1. The van der Waals surface area contributed by atoms with Gasteiger partial charge in [0.05, 0.1) is 6.61 Å². The highest BCUT2D eigenvalue weighted by Gasteiger charge is 2.14. The fraction of sp³-hybridized carbons (Fsp3) is 0.333. The van der Waals surface area contributed by atoms with Crippen LogP contribution in [0.4, 0.5) is 5.69 Å². The zero-order valence-electron chi connectivity index (χ0n) is 10.4. The van der Waals surface area contributed by atoms with Gasteiger partial charge in [-0.05, 0) is 24.6 Å². The lowest BCUT2D eigenvalue weighted by Crippen LogP contribution is -2.39. The van der Waals surface area contributed by atoms with E-state index in [2.05, 4.69) is 5.32 Å². The summed E-state index contributed by atoms with van der Waals surface area (Å²) in [6, 6.07) is 4.15. The van der Waals surface area contributed by atoms with Gasteiger partial charge in [0.1, 0.15) is 6.04 Å². The third-order valence-electron chi connectivity index (χ3n) is 2.45. The third-order valence-corrected chi connectivity index (χ3v) is 2.45. The van der Waals surface area contributed by atoms with Crippen molar-refractivity contribution in [2.45, 2.75) is 13.0 Å². The summed E-state index contributed by atoms with van der Waals surface area (Å²) in [5.74, 6) is -0.916. The second-order valence-electron chi connectivity index (χ2n) is 3.95. The van der Waals surface area contributed by atoms with E-state index >= 15 is 0 Å². The smallest absolute Gasteiger partial charge is 0.249 e. The number of rotatable bonds is 5. The Balaban J connectivity index is 2.82. The van der Waals surface area contributed by atoms with Crippen LogP contribution in [-0.4, -0.2) is 31.6 Å². The first kappa shape index (κ1) is 14.1. The van der Waals surface area contributed by atoms with Crippen molar-refractivity contribution >= 4 is 17.5 Å². The summed E-state index contributed by atoms with van der Waals surface area (Å²) in [5.41, 5.74) is 12.4. The highest BCUT2D eigenvalue weighted by Crippen LogP contribution is 2.15. The number of carbonyl (C=O) groups excluding carboxylic acids is 2. The molecule has 0 saturated carbocycles. The first-order chi connectivity index (χ1) is 8.45. The topological polar surface area (TPSA) is 107 Å². The van der Waals surface area contributed by atoms with Gasteiger partial charge in [-0.1, -0.05) is 6.07 Å². The van der Waals surface area contributed by atoms with Crippen molar-refractivity contribution in [3.05, 3.63) is 29.3 Å². The molecular formula is C12H17N3O3. The molecule has 18 heavy (non-hydrogen) atoms. The largest absolute Gasteiger partial charge is 0.383 e. The molecule has 0 fully saturated rings. The Hall–Kier alpha value is -1.92. The Bertz CT molecular complexity index is 460. The minimum Gasteiger partial charge on any atom is -0.383 e. The Morgan fingerprint density at radius 2 is 2.11 bits per heavy atom. The van der Waals surface area contributed by atoms with Gasteiger partial charge in [0, 0.05) is 18.4 Å². The van der Waals surface area contributed by atoms with Gasteiger partial charge in [-0.3, -0.25) is 9.59 Å². The molecule has 0 aliphatic carbocycles. The second-order valence-corrected chi connectivity index (χ2v) is 3.95. The van der Waals surface area contributed by atoms with Crippen molar-refractivity contribution in [3.8, 4) is 0 Å². The highest BCUT2D eigenvalue weighted by molar-refractivity contribution is 5.98. The molecule has 0 radical (unpaired) electrons. The van der Waals surface area contributed by atoms with Crippen LogP contribution in [0.15, 0.2) is 18.2 Å². The molecule has 0 aromatic heterocycles. The van der Waals surface area contributed by atoms with Crippen molar-refractivity contribution in [2.75, 3.05) is 19.0 Å². The molecule has 1 rings (SSSR count). The van der Waals surface area contributed by atoms with Crippen LogP contribution in [0.3, 0.4) is 0 Å². The standard InChI is InChI=1S/C12H17N3O3/c1-7-3-4-8(5-9(7)11(14)16)15-12(17)10(13)6-18-2/h3-5,10H,6,13H2,1-2H3,(H2,14,16)(H,15,17). The Labute approximate surface area is 105 Å². The number of methoxy groups -OCH3 is 1. The predicted octanol–water partition coefficient (Wildman–Crippen LogP) is 0.00612. The molecule has 0 spiro atoms. The summed E-state index contributed by atoms with van der Waals surface area (Å²) in [6.45, 7) is 1.89. The maximum Gasteiger partial charge on any atom is 0.249 e.